The van der Waals surface area contributed by atoms with Crippen LogP contribution in [0.5, 0.6) is 0 Å². The first kappa shape index (κ1) is 14.9. The number of hydrogen-bond donors (Lipinski definition) is 2. The Hall–Kier alpha value is -1.46. The zero-order valence-electron chi connectivity index (χ0n) is 10.6. The molecule has 1 fully saturated rings. The molecule has 2 rings (SSSR count). The zero-order valence-corrected chi connectivity index (χ0v) is 12.1. The van der Waals surface area contributed by atoms with Crippen LogP contribution in [0.2, 0.25) is 10.0 Å². The van der Waals surface area contributed by atoms with Crippen molar-refractivity contribution in [1.82, 2.24) is 4.90 Å². The van der Waals surface area contributed by atoms with Crippen LogP contribution in [-0.2, 0) is 4.79 Å². The number of carbonyl (C=O) groups is 2. The van der Waals surface area contributed by atoms with Crippen LogP contribution in [-0.4, -0.2) is 35.1 Å². The van der Waals surface area contributed by atoms with Crippen molar-refractivity contribution in [3.8, 4) is 0 Å². The van der Waals surface area contributed by atoms with Gasteiger partial charge >= 0.3 is 12.0 Å². The lowest BCUT2D eigenvalue weighted by Crippen LogP contribution is -2.44. The minimum Gasteiger partial charge on any atom is -0.481 e. The summed E-state index contributed by atoms with van der Waals surface area (Å²) in [5.74, 6) is -1.37. The Balaban J connectivity index is 2.02. The maximum Gasteiger partial charge on any atom is 0.321 e. The predicted molar refractivity (Wildman–Crippen MR) is 77.4 cm³/mol. The molecule has 2 N–H and O–H groups in total. The minimum absolute atomic E-state index is 0.215. The zero-order chi connectivity index (χ0) is 14.7. The number of anilines is 1. The monoisotopic (exact) mass is 316 g/mol. The van der Waals surface area contributed by atoms with E-state index in [1.807, 2.05) is 0 Å². The van der Waals surface area contributed by atoms with E-state index >= 15 is 0 Å². The van der Waals surface area contributed by atoms with Gasteiger partial charge in [-0.3, -0.25) is 4.79 Å². The number of urea groups is 1. The van der Waals surface area contributed by atoms with Crippen molar-refractivity contribution in [2.45, 2.75) is 12.8 Å². The van der Waals surface area contributed by atoms with E-state index in [1.54, 1.807) is 12.1 Å². The molecule has 0 aromatic heterocycles. The van der Waals surface area contributed by atoms with E-state index in [0.717, 1.165) is 0 Å². The van der Waals surface area contributed by atoms with Gasteiger partial charge in [0.05, 0.1) is 16.6 Å². The van der Waals surface area contributed by atoms with Gasteiger partial charge in [-0.1, -0.05) is 23.2 Å². The van der Waals surface area contributed by atoms with E-state index in [4.69, 9.17) is 28.3 Å². The van der Waals surface area contributed by atoms with Crippen LogP contribution in [0.15, 0.2) is 18.2 Å². The second kappa shape index (κ2) is 6.33. The highest BCUT2D eigenvalue weighted by molar-refractivity contribution is 6.36. The Morgan fingerprint density at radius 2 is 2.10 bits per heavy atom. The highest BCUT2D eigenvalue weighted by atomic mass is 35.5. The smallest absolute Gasteiger partial charge is 0.321 e. The number of carboxylic acid groups (broad SMARTS) is 1. The molecule has 1 aliphatic rings. The molecule has 0 saturated carbocycles. The van der Waals surface area contributed by atoms with Crippen LogP contribution < -0.4 is 5.32 Å². The van der Waals surface area contributed by atoms with Crippen LogP contribution >= 0.6 is 23.2 Å². The third-order valence-electron chi connectivity index (χ3n) is 3.23. The standard InChI is InChI=1S/C13H14Cl2N2O3/c14-9-3-4-11(10(15)6-9)16-13(20)17-5-1-2-8(7-17)12(18)19/h3-4,6,8H,1-2,5,7H2,(H,16,20)(H,18,19)/t8-/m1/s1. The number of rotatable bonds is 2. The fourth-order valence-electron chi connectivity index (χ4n) is 2.15. The molecule has 0 bridgehead atoms. The molecule has 1 atom stereocenters. The van der Waals surface area contributed by atoms with Gasteiger partial charge in [0, 0.05) is 18.1 Å². The van der Waals surface area contributed by atoms with E-state index in [1.165, 1.54) is 11.0 Å². The Labute approximate surface area is 126 Å². The highest BCUT2D eigenvalue weighted by Crippen LogP contribution is 2.26. The van der Waals surface area contributed by atoms with Gasteiger partial charge in [0.25, 0.3) is 0 Å². The lowest BCUT2D eigenvalue weighted by Gasteiger charge is -2.30. The number of nitrogens with zero attached hydrogens (tertiary/aromatic N) is 1. The maximum absolute atomic E-state index is 12.1. The first-order valence-electron chi connectivity index (χ1n) is 6.21. The molecule has 5 nitrogen and oxygen atoms in total. The van der Waals surface area contributed by atoms with E-state index in [2.05, 4.69) is 5.32 Å². The summed E-state index contributed by atoms with van der Waals surface area (Å²) in [6.07, 6.45) is 1.28. The average Bonchev–Trinajstić information content (AvgIpc) is 2.42. The van der Waals surface area contributed by atoms with Crippen LogP contribution in [0.3, 0.4) is 0 Å². The molecule has 0 aliphatic carbocycles. The molecule has 1 aromatic rings. The maximum atomic E-state index is 12.1. The Bertz CT molecular complexity index is 536. The van der Waals surface area contributed by atoms with E-state index in [9.17, 15) is 9.59 Å². The van der Waals surface area contributed by atoms with Gasteiger partial charge in [-0.05, 0) is 31.0 Å². The van der Waals surface area contributed by atoms with Gasteiger partial charge in [0.2, 0.25) is 0 Å². The number of carboxylic acids is 1. The van der Waals surface area contributed by atoms with E-state index < -0.39 is 11.9 Å². The van der Waals surface area contributed by atoms with Crippen molar-refractivity contribution in [2.75, 3.05) is 18.4 Å². The normalized spacial score (nSPS) is 18.7. The van der Waals surface area contributed by atoms with Crippen molar-refractivity contribution in [2.24, 2.45) is 5.92 Å². The molecule has 1 heterocycles. The number of carbonyl (C=O) groups excluding carboxylic acids is 1. The molecular formula is C13H14Cl2N2O3. The van der Waals surface area contributed by atoms with Crippen molar-refractivity contribution in [1.29, 1.82) is 0 Å². The Morgan fingerprint density at radius 3 is 2.75 bits per heavy atom. The SMILES string of the molecule is O=C(O)[C@@H]1CCCN(C(=O)Nc2ccc(Cl)cc2Cl)C1. The summed E-state index contributed by atoms with van der Waals surface area (Å²) in [7, 11) is 0. The van der Waals surface area contributed by atoms with Crippen molar-refractivity contribution < 1.29 is 14.7 Å². The molecule has 2 amide bonds. The van der Waals surface area contributed by atoms with Crippen molar-refractivity contribution in [3.05, 3.63) is 28.2 Å². The number of halogens is 2. The summed E-state index contributed by atoms with van der Waals surface area (Å²) in [5, 5.41) is 12.5. The molecule has 7 heteroatoms. The number of likely N-dealkylation sites (tertiary alicyclic amines) is 1. The number of amides is 2. The van der Waals surface area contributed by atoms with Crippen molar-refractivity contribution in [3.63, 3.8) is 0 Å². The van der Waals surface area contributed by atoms with Gasteiger partial charge in [0.15, 0.2) is 0 Å². The molecule has 0 unspecified atom stereocenters. The number of hydrogen-bond acceptors (Lipinski definition) is 2. The minimum atomic E-state index is -0.868. The fraction of sp³-hybridized carbons (Fsp3) is 0.385. The molecule has 1 aliphatic heterocycles. The predicted octanol–water partition coefficient (Wildman–Crippen LogP) is 3.32. The van der Waals surface area contributed by atoms with E-state index in [0.29, 0.717) is 35.1 Å². The summed E-state index contributed by atoms with van der Waals surface area (Å²) in [5.41, 5.74) is 0.457. The van der Waals surface area contributed by atoms with Crippen LogP contribution in [0.25, 0.3) is 0 Å². The number of aliphatic carboxylic acids is 1. The largest absolute Gasteiger partial charge is 0.481 e. The Kier molecular flexibility index (Phi) is 4.73. The quantitative estimate of drug-likeness (QED) is 0.879. The molecule has 1 saturated heterocycles. The summed E-state index contributed by atoms with van der Waals surface area (Å²) in [6.45, 7) is 0.757. The van der Waals surface area contributed by atoms with Gasteiger partial charge < -0.3 is 15.3 Å². The number of piperidine rings is 1. The van der Waals surface area contributed by atoms with Gasteiger partial charge in [-0.2, -0.15) is 0 Å². The van der Waals surface area contributed by atoms with E-state index in [-0.39, 0.29) is 12.6 Å². The molecule has 0 radical (unpaired) electrons. The number of nitrogens with one attached hydrogen (secondary N) is 1. The van der Waals surface area contributed by atoms with Crippen LogP contribution in [0.1, 0.15) is 12.8 Å². The Morgan fingerprint density at radius 1 is 1.35 bits per heavy atom. The first-order chi connectivity index (χ1) is 9.47. The summed E-state index contributed by atoms with van der Waals surface area (Å²) < 4.78 is 0. The topological polar surface area (TPSA) is 69.6 Å². The summed E-state index contributed by atoms with van der Waals surface area (Å²) >= 11 is 11.8. The number of benzene rings is 1. The summed E-state index contributed by atoms with van der Waals surface area (Å²) in [6, 6.07) is 4.43. The molecule has 1 aromatic carbocycles. The molecule has 20 heavy (non-hydrogen) atoms. The fourth-order valence-corrected chi connectivity index (χ4v) is 2.60. The van der Waals surface area contributed by atoms with Crippen LogP contribution in [0, 0.1) is 5.92 Å². The lowest BCUT2D eigenvalue weighted by atomic mass is 9.99. The second-order valence-corrected chi connectivity index (χ2v) is 5.52. The summed E-state index contributed by atoms with van der Waals surface area (Å²) in [4.78, 5) is 24.6. The third-order valence-corrected chi connectivity index (χ3v) is 3.78. The first-order valence-corrected chi connectivity index (χ1v) is 6.97. The lowest BCUT2D eigenvalue weighted by molar-refractivity contribution is -0.143. The second-order valence-electron chi connectivity index (χ2n) is 4.68. The van der Waals surface area contributed by atoms with Gasteiger partial charge in [0.1, 0.15) is 0 Å². The van der Waals surface area contributed by atoms with Gasteiger partial charge in [-0.15, -0.1) is 0 Å². The van der Waals surface area contributed by atoms with Crippen LogP contribution in [0.4, 0.5) is 10.5 Å². The molecule has 0 spiro atoms. The van der Waals surface area contributed by atoms with Gasteiger partial charge in [-0.25, -0.2) is 4.79 Å². The molecule has 108 valence electrons. The highest BCUT2D eigenvalue weighted by Gasteiger charge is 2.28. The third kappa shape index (κ3) is 3.55. The average molecular weight is 317 g/mol. The molecular weight excluding hydrogens is 303 g/mol. The van der Waals surface area contributed by atoms with Crippen molar-refractivity contribution >= 4 is 40.9 Å².